The molecule has 1 aliphatic rings. The molecule has 3 rings (SSSR count). The Morgan fingerprint density at radius 1 is 1.00 bits per heavy atom. The van der Waals surface area contributed by atoms with Crippen LogP contribution < -0.4 is 4.74 Å². The molecule has 1 heterocycles. The summed E-state index contributed by atoms with van der Waals surface area (Å²) in [6.45, 7) is 7.55. The number of carbonyl (C=O) groups excluding carboxylic acids is 3. The first-order chi connectivity index (χ1) is 15.2. The van der Waals surface area contributed by atoms with E-state index in [0.717, 1.165) is 0 Å². The molecule has 1 fully saturated rings. The third kappa shape index (κ3) is 5.40. The highest BCUT2D eigenvalue weighted by Crippen LogP contribution is 2.34. The Morgan fingerprint density at radius 2 is 1.53 bits per heavy atom. The van der Waals surface area contributed by atoms with Crippen molar-refractivity contribution in [1.82, 2.24) is 4.90 Å². The summed E-state index contributed by atoms with van der Waals surface area (Å²) in [7, 11) is 0. The van der Waals surface area contributed by atoms with Crippen LogP contribution in [-0.4, -0.2) is 48.9 Å². The van der Waals surface area contributed by atoms with Gasteiger partial charge in [-0.15, -0.1) is 0 Å². The lowest BCUT2D eigenvalue weighted by molar-refractivity contribution is -0.154. The minimum atomic E-state index is -1.00. The second-order valence-electron chi connectivity index (χ2n) is 8.49. The fraction of sp³-hybridized carbons (Fsp3) is 0.400. The first-order valence-electron chi connectivity index (χ1n) is 10.7. The number of rotatable bonds is 7. The summed E-state index contributed by atoms with van der Waals surface area (Å²) in [5.74, 6) is -1.10. The fourth-order valence-electron chi connectivity index (χ4n) is 3.42. The minimum Gasteiger partial charge on any atom is -0.426 e. The summed E-state index contributed by atoms with van der Waals surface area (Å²) in [6, 6.07) is 11.5. The highest BCUT2D eigenvalue weighted by Gasteiger charge is 2.41. The van der Waals surface area contributed by atoms with Gasteiger partial charge in [-0.05, 0) is 61.4 Å². The van der Waals surface area contributed by atoms with Gasteiger partial charge in [-0.1, -0.05) is 13.8 Å². The summed E-state index contributed by atoms with van der Waals surface area (Å²) in [5, 5.41) is 0. The van der Waals surface area contributed by atoms with Crippen molar-refractivity contribution in [2.45, 2.75) is 27.2 Å². The zero-order valence-electron chi connectivity index (χ0n) is 18.6. The van der Waals surface area contributed by atoms with E-state index in [4.69, 9.17) is 9.47 Å². The number of amides is 1. The van der Waals surface area contributed by atoms with Crippen LogP contribution in [0.15, 0.2) is 48.5 Å². The first kappa shape index (κ1) is 23.6. The van der Waals surface area contributed by atoms with Crippen molar-refractivity contribution < 1.29 is 28.2 Å². The van der Waals surface area contributed by atoms with E-state index >= 15 is 0 Å². The van der Waals surface area contributed by atoms with Crippen LogP contribution >= 0.6 is 0 Å². The summed E-state index contributed by atoms with van der Waals surface area (Å²) in [5.41, 5.74) is -0.242. The van der Waals surface area contributed by atoms with E-state index in [1.54, 1.807) is 36.1 Å². The maximum absolute atomic E-state index is 13.1. The molecular formula is C25H28FNO5. The minimum absolute atomic E-state index is 0.0463. The monoisotopic (exact) mass is 441 g/mol. The summed E-state index contributed by atoms with van der Waals surface area (Å²) >= 11 is 0. The van der Waals surface area contributed by atoms with Crippen molar-refractivity contribution in [2.75, 3.05) is 26.3 Å². The summed E-state index contributed by atoms with van der Waals surface area (Å²) in [4.78, 5) is 40.0. The van der Waals surface area contributed by atoms with E-state index in [1.807, 2.05) is 13.8 Å². The molecule has 0 saturated carbocycles. The second kappa shape index (κ2) is 10.0. The van der Waals surface area contributed by atoms with E-state index in [2.05, 4.69) is 0 Å². The second-order valence-corrected chi connectivity index (χ2v) is 8.49. The lowest BCUT2D eigenvalue weighted by atomic mass is 9.76. The molecule has 0 spiro atoms. The number of ether oxygens (including phenoxy) is 2. The Morgan fingerprint density at radius 3 is 2.06 bits per heavy atom. The van der Waals surface area contributed by atoms with Gasteiger partial charge in [-0.25, -0.2) is 4.39 Å². The number of hydrogen-bond donors (Lipinski definition) is 0. The zero-order chi connectivity index (χ0) is 23.3. The average Bonchev–Trinajstić information content (AvgIpc) is 2.80. The van der Waals surface area contributed by atoms with Crippen molar-refractivity contribution in [1.29, 1.82) is 0 Å². The number of nitrogens with zero attached hydrogens (tertiary/aromatic N) is 1. The maximum Gasteiger partial charge on any atom is 0.317 e. The van der Waals surface area contributed by atoms with Crippen molar-refractivity contribution in [2.24, 2.45) is 11.3 Å². The van der Waals surface area contributed by atoms with E-state index in [0.29, 0.717) is 37.4 Å². The van der Waals surface area contributed by atoms with Gasteiger partial charge in [0, 0.05) is 30.6 Å². The van der Waals surface area contributed by atoms with Crippen molar-refractivity contribution in [3.05, 3.63) is 65.5 Å². The van der Waals surface area contributed by atoms with Crippen LogP contribution in [0.4, 0.5) is 4.39 Å². The smallest absolute Gasteiger partial charge is 0.317 e. The van der Waals surface area contributed by atoms with Gasteiger partial charge in [0.2, 0.25) is 5.91 Å². The molecule has 2 aromatic carbocycles. The zero-order valence-corrected chi connectivity index (χ0v) is 18.6. The molecule has 32 heavy (non-hydrogen) atoms. The lowest BCUT2D eigenvalue weighted by Crippen LogP contribution is -2.46. The van der Waals surface area contributed by atoms with Crippen LogP contribution in [0, 0.1) is 17.2 Å². The van der Waals surface area contributed by atoms with E-state index in [-0.39, 0.29) is 29.8 Å². The topological polar surface area (TPSA) is 72.9 Å². The molecule has 0 aliphatic carbocycles. The Labute approximate surface area is 187 Å². The molecule has 0 unspecified atom stereocenters. The molecule has 1 atom stereocenters. The predicted octanol–water partition coefficient (Wildman–Crippen LogP) is 3.87. The molecule has 1 saturated heterocycles. The van der Waals surface area contributed by atoms with Gasteiger partial charge in [-0.2, -0.15) is 0 Å². The van der Waals surface area contributed by atoms with Gasteiger partial charge < -0.3 is 14.4 Å². The summed E-state index contributed by atoms with van der Waals surface area (Å²) in [6.07, 6.45) is 0.0463. The molecule has 1 amide bonds. The van der Waals surface area contributed by atoms with Gasteiger partial charge in [0.25, 0.3) is 0 Å². The molecule has 170 valence electrons. The van der Waals surface area contributed by atoms with Gasteiger partial charge >= 0.3 is 5.97 Å². The number of halogens is 1. The summed E-state index contributed by atoms with van der Waals surface area (Å²) < 4.78 is 24.0. The SMILES string of the molecule is CC(C)[C@](C)(CC(=O)N1CCOCC1)C(=O)Oc1ccc(C(=O)c2ccc(F)cc2)cc1. The van der Waals surface area contributed by atoms with Crippen LogP contribution in [-0.2, 0) is 14.3 Å². The van der Waals surface area contributed by atoms with Crippen molar-refractivity contribution in [3.63, 3.8) is 0 Å². The highest BCUT2D eigenvalue weighted by molar-refractivity contribution is 6.09. The standard InChI is InChI=1S/C25H28FNO5/c1-17(2)25(3,16-22(28)27-12-14-31-15-13-27)24(30)32-21-10-6-19(7-11-21)23(29)18-4-8-20(26)9-5-18/h4-11,17H,12-16H2,1-3H3/t25-/m0/s1. The van der Waals surface area contributed by atoms with Crippen LogP contribution in [0.2, 0.25) is 0 Å². The van der Waals surface area contributed by atoms with Gasteiger partial charge in [0.05, 0.1) is 18.6 Å². The average molecular weight is 441 g/mol. The molecule has 1 aliphatic heterocycles. The molecule has 0 N–H and O–H groups in total. The lowest BCUT2D eigenvalue weighted by Gasteiger charge is -2.34. The maximum atomic E-state index is 13.1. The Bertz CT molecular complexity index is 965. The quantitative estimate of drug-likeness (QED) is 0.371. The van der Waals surface area contributed by atoms with Crippen LogP contribution in [0.5, 0.6) is 5.75 Å². The number of morpholine rings is 1. The van der Waals surface area contributed by atoms with E-state index < -0.39 is 17.2 Å². The molecule has 0 aromatic heterocycles. The molecule has 6 nitrogen and oxygen atoms in total. The third-order valence-corrected chi connectivity index (χ3v) is 6.06. The molecule has 0 radical (unpaired) electrons. The molecule has 0 bridgehead atoms. The van der Waals surface area contributed by atoms with Crippen molar-refractivity contribution >= 4 is 17.7 Å². The largest absolute Gasteiger partial charge is 0.426 e. The Kier molecular flexibility index (Phi) is 7.40. The Balaban J connectivity index is 1.68. The number of benzene rings is 2. The van der Waals surface area contributed by atoms with Crippen LogP contribution in [0.1, 0.15) is 43.1 Å². The Hall–Kier alpha value is -3.06. The third-order valence-electron chi connectivity index (χ3n) is 6.06. The van der Waals surface area contributed by atoms with Gasteiger partial charge in [0.15, 0.2) is 5.78 Å². The van der Waals surface area contributed by atoms with E-state index in [1.165, 1.54) is 24.3 Å². The number of hydrogen-bond acceptors (Lipinski definition) is 5. The molecule has 2 aromatic rings. The molecule has 7 heteroatoms. The number of esters is 1. The molecular weight excluding hydrogens is 413 g/mol. The predicted molar refractivity (Wildman–Crippen MR) is 117 cm³/mol. The highest BCUT2D eigenvalue weighted by atomic mass is 19.1. The number of ketones is 1. The van der Waals surface area contributed by atoms with Crippen molar-refractivity contribution in [3.8, 4) is 5.75 Å². The fourth-order valence-corrected chi connectivity index (χ4v) is 3.42. The first-order valence-corrected chi connectivity index (χ1v) is 10.7. The van der Waals surface area contributed by atoms with E-state index in [9.17, 15) is 18.8 Å². The number of carbonyl (C=O) groups is 3. The van der Waals surface area contributed by atoms with Crippen LogP contribution in [0.25, 0.3) is 0 Å². The van der Waals surface area contributed by atoms with Crippen LogP contribution in [0.3, 0.4) is 0 Å². The van der Waals surface area contributed by atoms with Gasteiger partial charge in [0.1, 0.15) is 11.6 Å². The van der Waals surface area contributed by atoms with Gasteiger partial charge in [-0.3, -0.25) is 14.4 Å². The normalized spacial score (nSPS) is 15.8.